The lowest BCUT2D eigenvalue weighted by Gasteiger charge is -2.37. The van der Waals surface area contributed by atoms with Crippen LogP contribution in [0.5, 0.6) is 0 Å². The quantitative estimate of drug-likeness (QED) is 0.449. The predicted octanol–water partition coefficient (Wildman–Crippen LogP) is 6.57. The van der Waals surface area contributed by atoms with Crippen LogP contribution in [0.25, 0.3) is 0 Å². The number of halogens is 1. The van der Waals surface area contributed by atoms with E-state index in [-0.39, 0.29) is 0 Å². The highest BCUT2D eigenvalue weighted by atomic mass is 19.1. The van der Waals surface area contributed by atoms with Crippen molar-refractivity contribution >= 4 is 0 Å². The van der Waals surface area contributed by atoms with Gasteiger partial charge in [-0.05, 0) is 98.8 Å². The Balaban J connectivity index is 1.44. The Hall–Kier alpha value is -2.39. The summed E-state index contributed by atoms with van der Waals surface area (Å²) >= 11 is 0. The third-order valence-corrected chi connectivity index (χ3v) is 6.50. The van der Waals surface area contributed by atoms with Crippen molar-refractivity contribution in [2.75, 3.05) is 0 Å². The average Bonchev–Trinajstić information content (AvgIpc) is 2.74. The van der Waals surface area contributed by atoms with E-state index in [0.29, 0.717) is 11.8 Å². The normalized spacial score (nSPS) is 29.2. The van der Waals surface area contributed by atoms with Gasteiger partial charge in [-0.3, -0.25) is 0 Å². The van der Waals surface area contributed by atoms with Gasteiger partial charge in [0.05, 0.1) is 11.6 Å². The van der Waals surface area contributed by atoms with Crippen molar-refractivity contribution in [2.45, 2.75) is 57.3 Å². The zero-order chi connectivity index (χ0) is 19.1. The molecule has 3 rings (SSSR count). The Labute approximate surface area is 162 Å². The van der Waals surface area contributed by atoms with Gasteiger partial charge in [-0.2, -0.15) is 14.9 Å². The second kappa shape index (κ2) is 9.52. The molecule has 0 aromatic heterocycles. The summed E-state index contributed by atoms with van der Waals surface area (Å²) in [5, 5.41) is 17.4. The van der Waals surface area contributed by atoms with Crippen LogP contribution in [0.3, 0.4) is 0 Å². The number of hydrogen-bond acceptors (Lipinski definition) is 2. The number of hydrogen-bond donors (Lipinski definition) is 0. The number of rotatable bonds is 4. The molecule has 2 aliphatic carbocycles. The lowest BCUT2D eigenvalue weighted by molar-refractivity contribution is 0.171. The van der Waals surface area contributed by atoms with Gasteiger partial charge in [-0.15, -0.1) is 0 Å². The molecule has 27 heavy (non-hydrogen) atoms. The molecule has 0 radical (unpaired) electrons. The Morgan fingerprint density at radius 1 is 0.889 bits per heavy atom. The highest BCUT2D eigenvalue weighted by Crippen LogP contribution is 2.44. The summed E-state index contributed by atoms with van der Waals surface area (Å²) in [6, 6.07) is 11.8. The molecule has 140 valence electrons. The average molecular weight is 362 g/mol. The fourth-order valence-corrected chi connectivity index (χ4v) is 4.90. The second-order valence-corrected chi connectivity index (χ2v) is 8.03. The van der Waals surface area contributed by atoms with Crippen LogP contribution in [-0.2, 0) is 0 Å². The van der Waals surface area contributed by atoms with Crippen molar-refractivity contribution in [3.63, 3.8) is 0 Å². The van der Waals surface area contributed by atoms with Crippen molar-refractivity contribution in [3.05, 3.63) is 59.4 Å². The molecule has 0 unspecified atom stereocenters. The Kier molecular flexibility index (Phi) is 6.83. The minimum Gasteiger partial charge on any atom is -0.195 e. The predicted molar refractivity (Wildman–Crippen MR) is 105 cm³/mol. The maximum absolute atomic E-state index is 12.8. The minimum atomic E-state index is -0.723. The van der Waals surface area contributed by atoms with E-state index in [1.807, 2.05) is 12.1 Å². The van der Waals surface area contributed by atoms with E-state index in [0.717, 1.165) is 17.4 Å². The molecule has 2 fully saturated rings. The summed E-state index contributed by atoms with van der Waals surface area (Å²) in [5.41, 5.74) is 2.13. The Bertz CT molecular complexity index is 747. The van der Waals surface area contributed by atoms with Crippen molar-refractivity contribution in [1.82, 2.24) is 0 Å². The van der Waals surface area contributed by atoms with Crippen LogP contribution in [0.15, 0.2) is 48.3 Å². The fraction of sp³-hybridized carbons (Fsp3) is 0.500. The molecule has 3 heteroatoms. The molecule has 0 amide bonds. The zero-order valence-corrected chi connectivity index (χ0v) is 15.8. The molecule has 0 atom stereocenters. The zero-order valence-electron chi connectivity index (χ0n) is 15.8. The minimum absolute atomic E-state index is 0.527. The van der Waals surface area contributed by atoms with Crippen molar-refractivity contribution < 1.29 is 4.39 Å². The molecule has 0 saturated heterocycles. The molecular weight excluding hydrogens is 335 g/mol. The Morgan fingerprint density at radius 2 is 1.48 bits per heavy atom. The summed E-state index contributed by atoms with van der Waals surface area (Å²) in [5.74, 6) is 2.14. The summed E-state index contributed by atoms with van der Waals surface area (Å²) in [7, 11) is 0. The van der Waals surface area contributed by atoms with E-state index in [9.17, 15) is 4.39 Å². The molecule has 2 aliphatic rings. The van der Waals surface area contributed by atoms with E-state index in [1.54, 1.807) is 6.08 Å². The number of nitriles is 2. The highest BCUT2D eigenvalue weighted by Gasteiger charge is 2.30. The van der Waals surface area contributed by atoms with Crippen molar-refractivity contribution in [2.24, 2.45) is 17.8 Å². The van der Waals surface area contributed by atoms with Crippen molar-refractivity contribution in [1.29, 1.82) is 10.5 Å². The maximum atomic E-state index is 12.8. The first-order valence-corrected chi connectivity index (χ1v) is 10.1. The van der Waals surface area contributed by atoms with E-state index in [4.69, 9.17) is 10.5 Å². The largest absolute Gasteiger partial charge is 0.199 e. The first kappa shape index (κ1) is 19.4. The van der Waals surface area contributed by atoms with Crippen LogP contribution in [0.1, 0.15) is 68.4 Å². The molecule has 1 aromatic rings. The van der Waals surface area contributed by atoms with Crippen LogP contribution in [0.2, 0.25) is 0 Å². The third kappa shape index (κ3) is 5.30. The summed E-state index contributed by atoms with van der Waals surface area (Å²) in [6.07, 6.45) is 15.1. The fourth-order valence-electron chi connectivity index (χ4n) is 4.90. The van der Waals surface area contributed by atoms with Gasteiger partial charge in [0.1, 0.15) is 6.07 Å². The third-order valence-electron chi connectivity index (χ3n) is 6.50. The van der Waals surface area contributed by atoms with Crippen molar-refractivity contribution in [3.8, 4) is 12.1 Å². The van der Waals surface area contributed by atoms with Gasteiger partial charge in [-0.25, -0.2) is 0 Å². The van der Waals surface area contributed by atoms with Crippen LogP contribution in [0, 0.1) is 40.4 Å². The van der Waals surface area contributed by atoms with Gasteiger partial charge in [0.25, 0.3) is 0 Å². The van der Waals surface area contributed by atoms with E-state index in [2.05, 4.69) is 24.3 Å². The number of allylic oxidation sites excluding steroid dienone is 4. The highest BCUT2D eigenvalue weighted by molar-refractivity contribution is 5.33. The van der Waals surface area contributed by atoms with E-state index >= 15 is 0 Å². The lowest BCUT2D eigenvalue weighted by atomic mass is 9.68. The van der Waals surface area contributed by atoms with Gasteiger partial charge in [0, 0.05) is 0 Å². The van der Waals surface area contributed by atoms with Gasteiger partial charge in [0.15, 0.2) is 5.83 Å². The smallest absolute Gasteiger partial charge is 0.195 e. The SMILES string of the molecule is N#CC(F)=CC=C[C@H]1CC[C@H]([C@H]2CC[C@H](c3ccc(C#N)cc3)CC2)CC1. The van der Waals surface area contributed by atoms with Crippen LogP contribution in [0.4, 0.5) is 4.39 Å². The summed E-state index contributed by atoms with van der Waals surface area (Å²) < 4.78 is 12.8. The van der Waals surface area contributed by atoms with Crippen LogP contribution >= 0.6 is 0 Å². The molecular formula is C24H27FN2. The van der Waals surface area contributed by atoms with Gasteiger partial charge in [0.2, 0.25) is 0 Å². The van der Waals surface area contributed by atoms with E-state index in [1.165, 1.54) is 69.1 Å². The first-order chi connectivity index (χ1) is 13.2. The molecule has 0 heterocycles. The molecule has 1 aromatic carbocycles. The maximum Gasteiger partial charge on any atom is 0.199 e. The van der Waals surface area contributed by atoms with E-state index < -0.39 is 5.83 Å². The second-order valence-electron chi connectivity index (χ2n) is 8.03. The molecule has 0 bridgehead atoms. The van der Waals surface area contributed by atoms with Crippen LogP contribution < -0.4 is 0 Å². The molecule has 2 saturated carbocycles. The lowest BCUT2D eigenvalue weighted by Crippen LogP contribution is -2.25. The summed E-state index contributed by atoms with van der Waals surface area (Å²) in [4.78, 5) is 0. The standard InChI is InChI=1S/C24H27FN2/c25-24(17-27)3-1-2-18-4-8-20(9-5-18)22-12-14-23(15-13-22)21-10-6-19(16-26)7-11-21/h1-3,6-7,10-11,18,20,22-23H,4-5,8-9,12-15H2/t18-,20-,22-,23-. The number of benzene rings is 1. The molecule has 0 aliphatic heterocycles. The topological polar surface area (TPSA) is 47.6 Å². The molecule has 0 spiro atoms. The Morgan fingerprint density at radius 3 is 2.04 bits per heavy atom. The van der Waals surface area contributed by atoms with Gasteiger partial charge >= 0.3 is 0 Å². The molecule has 0 N–H and O–H groups in total. The first-order valence-electron chi connectivity index (χ1n) is 10.1. The van der Waals surface area contributed by atoms with Gasteiger partial charge < -0.3 is 0 Å². The number of nitrogens with zero attached hydrogens (tertiary/aromatic N) is 2. The monoisotopic (exact) mass is 362 g/mol. The van der Waals surface area contributed by atoms with Crippen LogP contribution in [-0.4, -0.2) is 0 Å². The molecule has 2 nitrogen and oxygen atoms in total. The summed E-state index contributed by atoms with van der Waals surface area (Å²) in [6.45, 7) is 0. The van der Waals surface area contributed by atoms with Gasteiger partial charge in [-0.1, -0.05) is 24.3 Å².